The smallest absolute Gasteiger partial charge is 0.322 e. The Hall–Kier alpha value is -2.37. The van der Waals surface area contributed by atoms with Crippen LogP contribution in [0.25, 0.3) is 0 Å². The number of aliphatic carboxylic acids is 1. The van der Waals surface area contributed by atoms with Gasteiger partial charge in [0.05, 0.1) is 0 Å². The third-order valence-corrected chi connectivity index (χ3v) is 2.93. The normalized spacial score (nSPS) is 10.9. The lowest BCUT2D eigenvalue weighted by Gasteiger charge is -2.17. The van der Waals surface area contributed by atoms with E-state index in [-0.39, 0.29) is 11.3 Å². The average Bonchev–Trinajstić information content (AvgIpc) is 2.42. The summed E-state index contributed by atoms with van der Waals surface area (Å²) < 4.78 is 0. The van der Waals surface area contributed by atoms with Crippen molar-refractivity contribution in [3.8, 4) is 0 Å². The van der Waals surface area contributed by atoms with Gasteiger partial charge in [0.2, 0.25) is 5.91 Å². The number of carboxylic acid groups (broad SMARTS) is 1. The molecule has 1 aromatic rings. The van der Waals surface area contributed by atoms with Crippen LogP contribution < -0.4 is 10.6 Å². The van der Waals surface area contributed by atoms with E-state index in [1.807, 2.05) is 0 Å². The van der Waals surface area contributed by atoms with E-state index in [0.29, 0.717) is 17.7 Å². The van der Waals surface area contributed by atoms with E-state index in [1.165, 1.54) is 12.1 Å². The van der Waals surface area contributed by atoms with Crippen molar-refractivity contribution in [3.05, 3.63) is 29.8 Å². The minimum absolute atomic E-state index is 0.0713. The van der Waals surface area contributed by atoms with Gasteiger partial charge < -0.3 is 15.7 Å². The fraction of sp³-hybridized carbons (Fsp3) is 0.438. The first-order valence-electron chi connectivity index (χ1n) is 7.07. The third-order valence-electron chi connectivity index (χ3n) is 2.93. The van der Waals surface area contributed by atoms with Crippen molar-refractivity contribution in [1.29, 1.82) is 0 Å². The Morgan fingerprint density at radius 1 is 1.09 bits per heavy atom. The molecule has 0 fully saturated rings. The van der Waals surface area contributed by atoms with Crippen molar-refractivity contribution in [1.82, 2.24) is 5.32 Å². The number of amides is 2. The molecule has 0 atom stereocenters. The van der Waals surface area contributed by atoms with Crippen molar-refractivity contribution in [2.24, 2.45) is 5.41 Å². The van der Waals surface area contributed by atoms with Crippen molar-refractivity contribution in [2.75, 3.05) is 11.9 Å². The van der Waals surface area contributed by atoms with Crippen LogP contribution in [-0.4, -0.2) is 29.4 Å². The number of rotatable bonds is 6. The first-order valence-corrected chi connectivity index (χ1v) is 7.07. The van der Waals surface area contributed by atoms with Crippen LogP contribution in [0.5, 0.6) is 0 Å². The molecule has 0 aliphatic rings. The molecule has 3 N–H and O–H groups in total. The number of nitrogens with one attached hydrogen (secondary N) is 2. The zero-order valence-corrected chi connectivity index (χ0v) is 13.1. The van der Waals surface area contributed by atoms with E-state index in [1.54, 1.807) is 12.1 Å². The molecule has 0 bridgehead atoms. The highest BCUT2D eigenvalue weighted by Gasteiger charge is 2.13. The molecule has 2 amide bonds. The molecule has 0 saturated carbocycles. The molecule has 0 unspecified atom stereocenters. The Balaban J connectivity index is 2.52. The van der Waals surface area contributed by atoms with E-state index >= 15 is 0 Å². The summed E-state index contributed by atoms with van der Waals surface area (Å²) in [6.07, 6.45) is 1.22. The number of carboxylic acids is 1. The average molecular weight is 306 g/mol. The topological polar surface area (TPSA) is 95.5 Å². The molecule has 0 spiro atoms. The monoisotopic (exact) mass is 306 g/mol. The van der Waals surface area contributed by atoms with Gasteiger partial charge >= 0.3 is 5.97 Å². The quantitative estimate of drug-likeness (QED) is 0.751. The maximum atomic E-state index is 11.8. The zero-order chi connectivity index (χ0) is 16.8. The van der Waals surface area contributed by atoms with Gasteiger partial charge in [0.25, 0.3) is 5.91 Å². The summed E-state index contributed by atoms with van der Waals surface area (Å²) in [4.78, 5) is 33.8. The second-order valence-corrected chi connectivity index (χ2v) is 6.26. The van der Waals surface area contributed by atoms with Crippen LogP contribution >= 0.6 is 0 Å². The van der Waals surface area contributed by atoms with Crippen molar-refractivity contribution in [2.45, 2.75) is 33.6 Å². The molecule has 6 heteroatoms. The van der Waals surface area contributed by atoms with Gasteiger partial charge in [-0.05, 0) is 36.1 Å². The van der Waals surface area contributed by atoms with Gasteiger partial charge in [0, 0.05) is 17.7 Å². The summed E-state index contributed by atoms with van der Waals surface area (Å²) in [6.45, 7) is 5.80. The standard InChI is InChI=1S/C16H22N2O4/c1-16(2,3)9-8-13(19)18-12-6-4-11(5-7-12)15(22)17-10-14(20)21/h4-7H,8-10H2,1-3H3,(H,17,22)(H,18,19)(H,20,21). The maximum Gasteiger partial charge on any atom is 0.322 e. The Labute approximate surface area is 129 Å². The summed E-state index contributed by atoms with van der Waals surface area (Å²) in [5.74, 6) is -1.64. The van der Waals surface area contributed by atoms with Crippen LogP contribution in [0.3, 0.4) is 0 Å². The highest BCUT2D eigenvalue weighted by atomic mass is 16.4. The Morgan fingerprint density at radius 2 is 1.68 bits per heavy atom. The Kier molecular flexibility index (Phi) is 6.10. The number of anilines is 1. The highest BCUT2D eigenvalue weighted by molar-refractivity contribution is 5.97. The van der Waals surface area contributed by atoms with E-state index in [9.17, 15) is 14.4 Å². The molecule has 0 aliphatic heterocycles. The summed E-state index contributed by atoms with van der Waals surface area (Å²) in [5, 5.41) is 13.5. The van der Waals surface area contributed by atoms with Crippen LogP contribution in [0.15, 0.2) is 24.3 Å². The minimum atomic E-state index is -1.10. The molecule has 0 heterocycles. The minimum Gasteiger partial charge on any atom is -0.480 e. The van der Waals surface area contributed by atoms with E-state index < -0.39 is 18.4 Å². The van der Waals surface area contributed by atoms with Gasteiger partial charge in [-0.25, -0.2) is 0 Å². The Morgan fingerprint density at radius 3 is 2.18 bits per heavy atom. The van der Waals surface area contributed by atoms with Crippen LogP contribution in [0.1, 0.15) is 44.0 Å². The fourth-order valence-corrected chi connectivity index (χ4v) is 1.67. The molecule has 22 heavy (non-hydrogen) atoms. The van der Waals surface area contributed by atoms with E-state index in [2.05, 4.69) is 31.4 Å². The lowest BCUT2D eigenvalue weighted by Crippen LogP contribution is -2.29. The van der Waals surface area contributed by atoms with Crippen molar-refractivity contribution < 1.29 is 19.5 Å². The van der Waals surface area contributed by atoms with Gasteiger partial charge in [0.1, 0.15) is 6.54 Å². The molecule has 0 aromatic heterocycles. The van der Waals surface area contributed by atoms with Gasteiger partial charge in [-0.3, -0.25) is 14.4 Å². The molecular weight excluding hydrogens is 284 g/mol. The van der Waals surface area contributed by atoms with Crippen LogP contribution in [0, 0.1) is 5.41 Å². The molecule has 0 aliphatic carbocycles. The number of hydrogen-bond acceptors (Lipinski definition) is 3. The highest BCUT2D eigenvalue weighted by Crippen LogP contribution is 2.21. The second-order valence-electron chi connectivity index (χ2n) is 6.26. The largest absolute Gasteiger partial charge is 0.480 e. The lowest BCUT2D eigenvalue weighted by molar-refractivity contribution is -0.135. The molecular formula is C16H22N2O4. The van der Waals surface area contributed by atoms with Crippen LogP contribution in [0.4, 0.5) is 5.69 Å². The number of carbonyl (C=O) groups excluding carboxylic acids is 2. The predicted octanol–water partition coefficient (Wildman–Crippen LogP) is 2.27. The van der Waals surface area contributed by atoms with Gasteiger partial charge in [-0.1, -0.05) is 20.8 Å². The fourth-order valence-electron chi connectivity index (χ4n) is 1.67. The Bertz CT molecular complexity index is 544. The first-order chi connectivity index (χ1) is 10.2. The summed E-state index contributed by atoms with van der Waals surface area (Å²) in [5.41, 5.74) is 1.05. The SMILES string of the molecule is CC(C)(C)CCC(=O)Nc1ccc(C(=O)NCC(=O)O)cc1. The number of benzene rings is 1. The number of carbonyl (C=O) groups is 3. The zero-order valence-electron chi connectivity index (χ0n) is 13.1. The predicted molar refractivity (Wildman–Crippen MR) is 83.7 cm³/mol. The maximum absolute atomic E-state index is 11.8. The number of hydrogen-bond donors (Lipinski definition) is 3. The first kappa shape index (κ1) is 17.7. The van der Waals surface area contributed by atoms with Crippen LogP contribution in [-0.2, 0) is 9.59 Å². The van der Waals surface area contributed by atoms with Crippen LogP contribution in [0.2, 0.25) is 0 Å². The second kappa shape index (κ2) is 7.59. The summed E-state index contributed by atoms with van der Waals surface area (Å²) >= 11 is 0. The lowest BCUT2D eigenvalue weighted by atomic mass is 9.90. The molecule has 0 radical (unpaired) electrons. The molecule has 120 valence electrons. The molecule has 0 saturated heterocycles. The van der Waals surface area contributed by atoms with Gasteiger partial charge in [0.15, 0.2) is 0 Å². The third kappa shape index (κ3) is 6.88. The van der Waals surface area contributed by atoms with Gasteiger partial charge in [-0.15, -0.1) is 0 Å². The summed E-state index contributed by atoms with van der Waals surface area (Å²) in [7, 11) is 0. The molecule has 1 rings (SSSR count). The van der Waals surface area contributed by atoms with Gasteiger partial charge in [-0.2, -0.15) is 0 Å². The van der Waals surface area contributed by atoms with E-state index in [0.717, 1.165) is 6.42 Å². The van der Waals surface area contributed by atoms with E-state index in [4.69, 9.17) is 5.11 Å². The van der Waals surface area contributed by atoms with Crippen molar-refractivity contribution in [3.63, 3.8) is 0 Å². The molecule has 1 aromatic carbocycles. The molecule has 6 nitrogen and oxygen atoms in total. The van der Waals surface area contributed by atoms with Crippen molar-refractivity contribution >= 4 is 23.5 Å². The summed E-state index contributed by atoms with van der Waals surface area (Å²) in [6, 6.07) is 6.31.